The SMILES string of the molecule is CN1CCC(N(C)c2cccc(Cl)c2CN)CC1. The van der Waals surface area contributed by atoms with Gasteiger partial charge < -0.3 is 15.5 Å². The van der Waals surface area contributed by atoms with Crippen LogP contribution >= 0.6 is 11.6 Å². The van der Waals surface area contributed by atoms with Gasteiger partial charge in [-0.1, -0.05) is 17.7 Å². The maximum Gasteiger partial charge on any atom is 0.0471 e. The first-order chi connectivity index (χ1) is 8.63. The number of anilines is 1. The molecule has 0 atom stereocenters. The second kappa shape index (κ2) is 5.91. The van der Waals surface area contributed by atoms with Crippen molar-refractivity contribution in [2.45, 2.75) is 25.4 Å². The highest BCUT2D eigenvalue weighted by atomic mass is 35.5. The number of nitrogens with zero attached hydrogens (tertiary/aromatic N) is 2. The summed E-state index contributed by atoms with van der Waals surface area (Å²) in [5.74, 6) is 0. The Morgan fingerprint density at radius 1 is 1.39 bits per heavy atom. The van der Waals surface area contributed by atoms with Crippen LogP contribution in [-0.4, -0.2) is 38.1 Å². The van der Waals surface area contributed by atoms with Crippen LogP contribution in [0.5, 0.6) is 0 Å². The van der Waals surface area contributed by atoms with Gasteiger partial charge in [-0.3, -0.25) is 0 Å². The Kier molecular flexibility index (Phi) is 4.49. The van der Waals surface area contributed by atoms with Crippen LogP contribution in [-0.2, 0) is 6.54 Å². The highest BCUT2D eigenvalue weighted by Gasteiger charge is 2.22. The van der Waals surface area contributed by atoms with E-state index < -0.39 is 0 Å². The monoisotopic (exact) mass is 267 g/mol. The van der Waals surface area contributed by atoms with Crippen LogP contribution in [0, 0.1) is 0 Å². The van der Waals surface area contributed by atoms with E-state index in [9.17, 15) is 0 Å². The van der Waals surface area contributed by atoms with E-state index in [0.717, 1.165) is 23.7 Å². The molecule has 1 aromatic rings. The second-order valence-corrected chi connectivity index (χ2v) is 5.49. The molecule has 1 fully saturated rings. The van der Waals surface area contributed by atoms with E-state index in [2.05, 4.69) is 30.0 Å². The first-order valence-corrected chi connectivity index (χ1v) is 6.90. The minimum atomic E-state index is 0.492. The molecule has 0 spiro atoms. The highest BCUT2D eigenvalue weighted by molar-refractivity contribution is 6.31. The molecule has 100 valence electrons. The first kappa shape index (κ1) is 13.7. The first-order valence-electron chi connectivity index (χ1n) is 6.52. The van der Waals surface area contributed by atoms with E-state index >= 15 is 0 Å². The van der Waals surface area contributed by atoms with E-state index in [0.29, 0.717) is 12.6 Å². The number of nitrogens with two attached hydrogens (primary N) is 1. The average molecular weight is 268 g/mol. The number of rotatable bonds is 3. The lowest BCUT2D eigenvalue weighted by Gasteiger charge is -2.37. The van der Waals surface area contributed by atoms with Crippen LogP contribution < -0.4 is 10.6 Å². The Bertz CT molecular complexity index is 400. The van der Waals surface area contributed by atoms with Gasteiger partial charge in [0.05, 0.1) is 0 Å². The third-order valence-electron chi connectivity index (χ3n) is 3.91. The summed E-state index contributed by atoms with van der Waals surface area (Å²) in [6.07, 6.45) is 2.40. The number of likely N-dealkylation sites (tertiary alicyclic amines) is 1. The summed E-state index contributed by atoms with van der Waals surface area (Å²) >= 11 is 6.22. The highest BCUT2D eigenvalue weighted by Crippen LogP contribution is 2.29. The Morgan fingerprint density at radius 3 is 2.67 bits per heavy atom. The molecule has 3 nitrogen and oxygen atoms in total. The zero-order chi connectivity index (χ0) is 13.1. The summed E-state index contributed by atoms with van der Waals surface area (Å²) in [5, 5.41) is 0.773. The molecule has 1 aromatic carbocycles. The molecule has 2 rings (SSSR count). The largest absolute Gasteiger partial charge is 0.371 e. The maximum absolute atomic E-state index is 6.22. The fraction of sp³-hybridized carbons (Fsp3) is 0.571. The fourth-order valence-electron chi connectivity index (χ4n) is 2.66. The molecule has 0 unspecified atom stereocenters. The molecule has 1 aliphatic rings. The molecular formula is C14H22ClN3. The van der Waals surface area contributed by atoms with Crippen molar-refractivity contribution in [3.8, 4) is 0 Å². The Labute approximate surface area is 115 Å². The zero-order valence-corrected chi connectivity index (χ0v) is 12.0. The smallest absolute Gasteiger partial charge is 0.0471 e. The van der Waals surface area contributed by atoms with Crippen molar-refractivity contribution in [3.63, 3.8) is 0 Å². The lowest BCUT2D eigenvalue weighted by Crippen LogP contribution is -2.42. The van der Waals surface area contributed by atoms with Crippen molar-refractivity contribution in [1.82, 2.24) is 4.90 Å². The molecule has 0 radical (unpaired) electrons. The number of benzene rings is 1. The minimum absolute atomic E-state index is 0.492. The van der Waals surface area contributed by atoms with E-state index in [1.165, 1.54) is 18.5 Å². The number of hydrogen-bond donors (Lipinski definition) is 1. The van der Waals surface area contributed by atoms with Crippen LogP contribution in [0.2, 0.25) is 5.02 Å². The normalized spacial score (nSPS) is 18.0. The molecule has 2 N–H and O–H groups in total. The molecule has 0 saturated carbocycles. The van der Waals surface area contributed by atoms with Gasteiger partial charge in [-0.15, -0.1) is 0 Å². The molecule has 1 heterocycles. The van der Waals surface area contributed by atoms with Crippen molar-refractivity contribution >= 4 is 17.3 Å². The summed E-state index contributed by atoms with van der Waals surface area (Å²) in [7, 11) is 4.34. The summed E-state index contributed by atoms with van der Waals surface area (Å²) in [6.45, 7) is 2.81. The quantitative estimate of drug-likeness (QED) is 0.912. The summed E-state index contributed by atoms with van der Waals surface area (Å²) < 4.78 is 0. The molecule has 1 saturated heterocycles. The lowest BCUT2D eigenvalue weighted by molar-refractivity contribution is 0.253. The van der Waals surface area contributed by atoms with Crippen molar-refractivity contribution in [3.05, 3.63) is 28.8 Å². The predicted molar refractivity (Wildman–Crippen MR) is 78.3 cm³/mol. The Morgan fingerprint density at radius 2 is 2.06 bits per heavy atom. The van der Waals surface area contributed by atoms with Crippen LogP contribution in [0.3, 0.4) is 0 Å². The predicted octanol–water partition coefficient (Wildman–Crippen LogP) is 2.33. The summed E-state index contributed by atoms with van der Waals surface area (Å²) in [4.78, 5) is 4.73. The number of piperidine rings is 1. The lowest BCUT2D eigenvalue weighted by atomic mass is 10.0. The van der Waals surface area contributed by atoms with Crippen LogP contribution in [0.25, 0.3) is 0 Å². The molecule has 0 aliphatic carbocycles. The topological polar surface area (TPSA) is 32.5 Å². The van der Waals surface area contributed by atoms with Crippen molar-refractivity contribution in [2.24, 2.45) is 5.73 Å². The molecule has 0 aromatic heterocycles. The van der Waals surface area contributed by atoms with Crippen LogP contribution in [0.15, 0.2) is 18.2 Å². The van der Waals surface area contributed by atoms with E-state index in [-0.39, 0.29) is 0 Å². The van der Waals surface area contributed by atoms with E-state index in [4.69, 9.17) is 17.3 Å². The number of halogens is 1. The van der Waals surface area contributed by atoms with Crippen LogP contribution in [0.4, 0.5) is 5.69 Å². The van der Waals surface area contributed by atoms with Gasteiger partial charge >= 0.3 is 0 Å². The van der Waals surface area contributed by atoms with Gasteiger partial charge in [-0.2, -0.15) is 0 Å². The van der Waals surface area contributed by atoms with Crippen molar-refractivity contribution < 1.29 is 0 Å². The Balaban J connectivity index is 2.18. The zero-order valence-electron chi connectivity index (χ0n) is 11.2. The van der Waals surface area contributed by atoms with Gasteiger partial charge in [0.25, 0.3) is 0 Å². The van der Waals surface area contributed by atoms with Gasteiger partial charge in [-0.05, 0) is 45.1 Å². The standard InChI is InChI=1S/C14H22ClN3/c1-17-8-6-11(7-9-17)18(2)14-5-3-4-13(15)12(14)10-16/h3-5,11H,6-10,16H2,1-2H3. The molecular weight excluding hydrogens is 246 g/mol. The summed E-state index contributed by atoms with van der Waals surface area (Å²) in [5.41, 5.74) is 8.06. The minimum Gasteiger partial charge on any atom is -0.371 e. The third-order valence-corrected chi connectivity index (χ3v) is 4.27. The number of hydrogen-bond acceptors (Lipinski definition) is 3. The van der Waals surface area contributed by atoms with E-state index in [1.54, 1.807) is 0 Å². The Hall–Kier alpha value is -0.770. The summed E-state index contributed by atoms with van der Waals surface area (Å²) in [6, 6.07) is 6.62. The molecule has 1 aliphatic heterocycles. The third kappa shape index (κ3) is 2.79. The molecule has 4 heteroatoms. The van der Waals surface area contributed by atoms with Gasteiger partial charge in [0.1, 0.15) is 0 Å². The molecule has 0 amide bonds. The molecule has 0 bridgehead atoms. The van der Waals surface area contributed by atoms with Crippen LogP contribution in [0.1, 0.15) is 18.4 Å². The van der Waals surface area contributed by atoms with E-state index in [1.807, 2.05) is 12.1 Å². The molecule has 18 heavy (non-hydrogen) atoms. The fourth-order valence-corrected chi connectivity index (χ4v) is 2.91. The maximum atomic E-state index is 6.22. The van der Waals surface area contributed by atoms with Gasteiger partial charge in [-0.25, -0.2) is 0 Å². The second-order valence-electron chi connectivity index (χ2n) is 5.09. The van der Waals surface area contributed by atoms with Gasteiger partial charge in [0.2, 0.25) is 0 Å². The van der Waals surface area contributed by atoms with Crippen molar-refractivity contribution in [1.29, 1.82) is 0 Å². The van der Waals surface area contributed by atoms with Gasteiger partial charge in [0, 0.05) is 35.9 Å². The van der Waals surface area contributed by atoms with Gasteiger partial charge in [0.15, 0.2) is 0 Å². The average Bonchev–Trinajstić information content (AvgIpc) is 2.38. The van der Waals surface area contributed by atoms with Crippen molar-refractivity contribution in [2.75, 3.05) is 32.1 Å².